The maximum absolute atomic E-state index is 11.4. The van der Waals surface area contributed by atoms with E-state index in [1.807, 2.05) is 36.4 Å². The maximum Gasteiger partial charge on any atom is 0.314 e. The summed E-state index contributed by atoms with van der Waals surface area (Å²) < 4.78 is 7.44. The topological polar surface area (TPSA) is 133 Å². The zero-order chi connectivity index (χ0) is 20.9. The SMILES string of the molecule is CNC(=O)NCCn1nc(-c2ccc(Oc3ccccn3)cc2)c2c(N)ncnc21. The zero-order valence-corrected chi connectivity index (χ0v) is 16.2. The summed E-state index contributed by atoms with van der Waals surface area (Å²) in [6.45, 7) is 0.817. The second-order valence-corrected chi connectivity index (χ2v) is 6.33. The quantitative estimate of drug-likeness (QED) is 0.449. The van der Waals surface area contributed by atoms with Crippen molar-refractivity contribution in [3.63, 3.8) is 0 Å². The number of nitrogens with one attached hydrogen (secondary N) is 2. The van der Waals surface area contributed by atoms with Crippen molar-refractivity contribution in [1.29, 1.82) is 0 Å². The number of ether oxygens (including phenoxy) is 1. The van der Waals surface area contributed by atoms with Gasteiger partial charge >= 0.3 is 6.03 Å². The maximum atomic E-state index is 11.4. The van der Waals surface area contributed by atoms with Gasteiger partial charge in [0.2, 0.25) is 5.88 Å². The van der Waals surface area contributed by atoms with Crippen molar-refractivity contribution in [2.45, 2.75) is 6.54 Å². The Labute approximate surface area is 172 Å². The number of anilines is 1. The van der Waals surface area contributed by atoms with Crippen LogP contribution in [0.4, 0.5) is 10.6 Å². The van der Waals surface area contributed by atoms with Gasteiger partial charge in [-0.25, -0.2) is 24.4 Å². The Morgan fingerprint density at radius 1 is 1.13 bits per heavy atom. The summed E-state index contributed by atoms with van der Waals surface area (Å²) in [5, 5.41) is 10.6. The molecule has 3 heterocycles. The van der Waals surface area contributed by atoms with Crippen LogP contribution in [-0.2, 0) is 6.54 Å². The molecule has 0 unspecified atom stereocenters. The van der Waals surface area contributed by atoms with Crippen molar-refractivity contribution in [2.75, 3.05) is 19.3 Å². The lowest BCUT2D eigenvalue weighted by Gasteiger charge is -2.05. The largest absolute Gasteiger partial charge is 0.439 e. The second-order valence-electron chi connectivity index (χ2n) is 6.33. The molecule has 0 bridgehead atoms. The number of pyridine rings is 1. The Morgan fingerprint density at radius 2 is 1.97 bits per heavy atom. The molecule has 4 aromatic rings. The molecule has 3 aromatic heterocycles. The van der Waals surface area contributed by atoms with E-state index in [1.54, 1.807) is 24.0 Å². The van der Waals surface area contributed by atoms with Crippen LogP contribution in [0.2, 0.25) is 0 Å². The minimum absolute atomic E-state index is 0.260. The van der Waals surface area contributed by atoms with E-state index in [9.17, 15) is 4.79 Å². The molecule has 0 radical (unpaired) electrons. The van der Waals surface area contributed by atoms with Crippen molar-refractivity contribution >= 4 is 22.9 Å². The summed E-state index contributed by atoms with van der Waals surface area (Å²) in [4.78, 5) is 24.0. The molecule has 0 spiro atoms. The van der Waals surface area contributed by atoms with Gasteiger partial charge in [0, 0.05) is 31.4 Å². The molecule has 4 rings (SSSR count). The van der Waals surface area contributed by atoms with E-state index < -0.39 is 0 Å². The van der Waals surface area contributed by atoms with E-state index in [0.717, 1.165) is 5.56 Å². The average Bonchev–Trinajstić information content (AvgIpc) is 3.15. The Balaban J connectivity index is 1.62. The second kappa shape index (κ2) is 8.43. The monoisotopic (exact) mass is 404 g/mol. The van der Waals surface area contributed by atoms with Gasteiger partial charge in [-0.1, -0.05) is 6.07 Å². The number of nitrogen functional groups attached to an aromatic ring is 1. The first-order chi connectivity index (χ1) is 14.7. The van der Waals surface area contributed by atoms with Gasteiger partial charge in [0.25, 0.3) is 0 Å². The Morgan fingerprint density at radius 3 is 2.70 bits per heavy atom. The van der Waals surface area contributed by atoms with Crippen LogP contribution in [0, 0.1) is 0 Å². The average molecular weight is 404 g/mol. The highest BCUT2D eigenvalue weighted by molar-refractivity contribution is 5.98. The number of hydrogen-bond acceptors (Lipinski definition) is 7. The predicted octanol–water partition coefficient (Wildman–Crippen LogP) is 2.19. The summed E-state index contributed by atoms with van der Waals surface area (Å²) >= 11 is 0. The van der Waals surface area contributed by atoms with Crippen molar-refractivity contribution in [3.05, 3.63) is 55.0 Å². The van der Waals surface area contributed by atoms with E-state index in [4.69, 9.17) is 10.5 Å². The lowest BCUT2D eigenvalue weighted by molar-refractivity contribution is 0.242. The lowest BCUT2D eigenvalue weighted by Crippen LogP contribution is -2.34. The highest BCUT2D eigenvalue weighted by atomic mass is 16.5. The highest BCUT2D eigenvalue weighted by Gasteiger charge is 2.17. The third-order valence-corrected chi connectivity index (χ3v) is 4.38. The van der Waals surface area contributed by atoms with Crippen LogP contribution < -0.4 is 21.1 Å². The number of carbonyl (C=O) groups is 1. The van der Waals surface area contributed by atoms with E-state index in [1.165, 1.54) is 6.33 Å². The summed E-state index contributed by atoms with van der Waals surface area (Å²) in [7, 11) is 1.56. The molecule has 0 saturated heterocycles. The van der Waals surface area contributed by atoms with Gasteiger partial charge in [-0.05, 0) is 30.3 Å². The first-order valence-electron chi connectivity index (χ1n) is 9.27. The Hall–Kier alpha value is -4.21. The van der Waals surface area contributed by atoms with Crippen LogP contribution in [0.1, 0.15) is 0 Å². The molecule has 152 valence electrons. The van der Waals surface area contributed by atoms with Gasteiger partial charge in [0.05, 0.1) is 11.9 Å². The number of hydrogen-bond donors (Lipinski definition) is 3. The Kier molecular flexibility index (Phi) is 5.37. The molecule has 0 aliphatic carbocycles. The van der Waals surface area contributed by atoms with Gasteiger partial charge < -0.3 is 21.1 Å². The predicted molar refractivity (Wildman–Crippen MR) is 112 cm³/mol. The molecule has 0 atom stereocenters. The number of nitrogens with zero attached hydrogens (tertiary/aromatic N) is 5. The zero-order valence-electron chi connectivity index (χ0n) is 16.2. The van der Waals surface area contributed by atoms with Gasteiger partial charge in [-0.3, -0.25) is 0 Å². The molecule has 10 nitrogen and oxygen atoms in total. The molecular formula is C20H20N8O2. The van der Waals surface area contributed by atoms with Crippen LogP contribution >= 0.6 is 0 Å². The number of rotatable bonds is 6. The molecule has 2 amide bonds. The molecule has 10 heteroatoms. The lowest BCUT2D eigenvalue weighted by atomic mass is 10.1. The van der Waals surface area contributed by atoms with Crippen molar-refractivity contribution in [3.8, 4) is 22.9 Å². The van der Waals surface area contributed by atoms with Crippen LogP contribution in [0.15, 0.2) is 55.0 Å². The van der Waals surface area contributed by atoms with Gasteiger partial charge in [-0.15, -0.1) is 0 Å². The van der Waals surface area contributed by atoms with Crippen LogP contribution in [0.3, 0.4) is 0 Å². The summed E-state index contributed by atoms with van der Waals surface area (Å²) in [6.07, 6.45) is 3.07. The van der Waals surface area contributed by atoms with Gasteiger partial charge in [0.1, 0.15) is 23.6 Å². The number of fused-ring (bicyclic) bond motifs is 1. The smallest absolute Gasteiger partial charge is 0.314 e. The third kappa shape index (κ3) is 3.97. The fourth-order valence-electron chi connectivity index (χ4n) is 2.96. The fourth-order valence-corrected chi connectivity index (χ4v) is 2.96. The van der Waals surface area contributed by atoms with Crippen LogP contribution in [-0.4, -0.2) is 44.4 Å². The molecule has 1 aromatic carbocycles. The fraction of sp³-hybridized carbons (Fsp3) is 0.150. The third-order valence-electron chi connectivity index (χ3n) is 4.38. The molecule has 0 aliphatic heterocycles. The van der Waals surface area contributed by atoms with E-state index in [-0.39, 0.29) is 6.03 Å². The number of carbonyl (C=O) groups excluding carboxylic acids is 1. The molecular weight excluding hydrogens is 384 g/mol. The van der Waals surface area contributed by atoms with Crippen LogP contribution in [0.25, 0.3) is 22.3 Å². The number of benzene rings is 1. The number of aromatic nitrogens is 5. The van der Waals surface area contributed by atoms with Gasteiger partial charge in [0.15, 0.2) is 5.65 Å². The van der Waals surface area contributed by atoms with E-state index >= 15 is 0 Å². The first kappa shape index (κ1) is 19.1. The van der Waals surface area contributed by atoms with Crippen molar-refractivity contribution in [2.24, 2.45) is 0 Å². The molecule has 0 fully saturated rings. The minimum atomic E-state index is -0.260. The summed E-state index contributed by atoms with van der Waals surface area (Å²) in [5.41, 5.74) is 8.22. The standard InChI is InChI=1S/C20H20N8O2/c1-22-20(29)24-10-11-28-19-16(18(21)25-12-26-19)17(27-28)13-5-7-14(8-6-13)30-15-4-2-3-9-23-15/h2-9,12H,10-11H2,1H3,(H2,21,25,26)(H2,22,24,29). The van der Waals surface area contributed by atoms with Crippen molar-refractivity contribution < 1.29 is 9.53 Å². The first-order valence-corrected chi connectivity index (χ1v) is 9.27. The number of amides is 2. The molecule has 30 heavy (non-hydrogen) atoms. The van der Waals surface area contributed by atoms with E-state index in [2.05, 4.69) is 30.7 Å². The number of nitrogens with two attached hydrogens (primary N) is 1. The van der Waals surface area contributed by atoms with Crippen LogP contribution in [0.5, 0.6) is 11.6 Å². The molecule has 0 aliphatic rings. The summed E-state index contributed by atoms with van der Waals surface area (Å²) in [5.74, 6) is 1.51. The molecule has 4 N–H and O–H groups in total. The van der Waals surface area contributed by atoms with Crippen molar-refractivity contribution in [1.82, 2.24) is 35.4 Å². The Bertz CT molecular complexity index is 1160. The highest BCUT2D eigenvalue weighted by Crippen LogP contribution is 2.31. The number of urea groups is 1. The normalized spacial score (nSPS) is 10.7. The van der Waals surface area contributed by atoms with E-state index in [0.29, 0.717) is 47.3 Å². The summed E-state index contributed by atoms with van der Waals surface area (Å²) in [6, 6.07) is 12.7. The molecule has 0 saturated carbocycles. The minimum Gasteiger partial charge on any atom is -0.439 e. The van der Waals surface area contributed by atoms with Gasteiger partial charge in [-0.2, -0.15) is 5.10 Å².